The van der Waals surface area contributed by atoms with E-state index < -0.39 is 12.3 Å². The van der Waals surface area contributed by atoms with Crippen LogP contribution in [0, 0.1) is 0 Å². The smallest absolute Gasteiger partial charge is 0.270 e. The van der Waals surface area contributed by atoms with E-state index in [9.17, 15) is 14.7 Å². The predicted octanol–water partition coefficient (Wildman–Crippen LogP) is 2.69. The largest absolute Gasteiger partial charge is 0.374 e. The van der Waals surface area contributed by atoms with Gasteiger partial charge in [-0.2, -0.15) is 0 Å². The van der Waals surface area contributed by atoms with Crippen LogP contribution >= 0.6 is 11.3 Å². The molecule has 29 heavy (non-hydrogen) atoms. The third-order valence-electron chi connectivity index (χ3n) is 4.89. The molecular formula is C21H20N4O3S. The Hall–Kier alpha value is -3.07. The normalized spacial score (nSPS) is 16.8. The molecule has 1 aromatic heterocycles. The van der Waals surface area contributed by atoms with Crippen LogP contribution in [0.5, 0.6) is 0 Å². The van der Waals surface area contributed by atoms with Crippen LogP contribution in [-0.2, 0) is 11.3 Å². The number of carbonyl (C=O) groups is 2. The maximum Gasteiger partial charge on any atom is 0.270 e. The van der Waals surface area contributed by atoms with Crippen LogP contribution < -0.4 is 10.6 Å². The first-order valence-electron chi connectivity index (χ1n) is 9.13. The van der Waals surface area contributed by atoms with E-state index in [1.165, 1.54) is 18.4 Å². The SMILES string of the molecule is CNC(=O)c1csc(NC(=O)[C@@H](c2ccccc2)N2Cc3ccccc3C2O)n1. The average molecular weight is 408 g/mol. The molecule has 7 nitrogen and oxygen atoms in total. The Kier molecular flexibility index (Phi) is 5.39. The molecule has 2 aromatic carbocycles. The maximum atomic E-state index is 13.2. The molecule has 2 heterocycles. The summed E-state index contributed by atoms with van der Waals surface area (Å²) >= 11 is 1.18. The van der Waals surface area contributed by atoms with Crippen molar-refractivity contribution in [3.8, 4) is 0 Å². The van der Waals surface area contributed by atoms with Crippen LogP contribution in [0.1, 0.15) is 39.4 Å². The molecule has 1 unspecified atom stereocenters. The molecule has 0 radical (unpaired) electrons. The minimum Gasteiger partial charge on any atom is -0.374 e. The lowest BCUT2D eigenvalue weighted by Crippen LogP contribution is -2.36. The molecule has 0 saturated heterocycles. The van der Waals surface area contributed by atoms with Crippen molar-refractivity contribution >= 4 is 28.3 Å². The number of aliphatic hydroxyl groups excluding tert-OH is 1. The summed E-state index contributed by atoms with van der Waals surface area (Å²) in [5.41, 5.74) is 2.81. The number of fused-ring (bicyclic) bond motifs is 1. The van der Waals surface area contributed by atoms with Gasteiger partial charge in [-0.05, 0) is 16.7 Å². The van der Waals surface area contributed by atoms with Gasteiger partial charge in [-0.3, -0.25) is 14.5 Å². The summed E-state index contributed by atoms with van der Waals surface area (Å²) in [6.45, 7) is 0.450. The molecule has 148 valence electrons. The summed E-state index contributed by atoms with van der Waals surface area (Å²) < 4.78 is 0. The number of thiazole rings is 1. The first kappa shape index (κ1) is 19.3. The lowest BCUT2D eigenvalue weighted by atomic mass is 10.0. The predicted molar refractivity (Wildman–Crippen MR) is 110 cm³/mol. The van der Waals surface area contributed by atoms with E-state index in [2.05, 4.69) is 15.6 Å². The van der Waals surface area contributed by atoms with Gasteiger partial charge in [0.15, 0.2) is 5.13 Å². The zero-order valence-electron chi connectivity index (χ0n) is 15.7. The van der Waals surface area contributed by atoms with Crippen LogP contribution in [-0.4, -0.2) is 33.9 Å². The summed E-state index contributed by atoms with van der Waals surface area (Å²) in [6.07, 6.45) is -0.889. The Morgan fingerprint density at radius 3 is 2.62 bits per heavy atom. The van der Waals surface area contributed by atoms with Crippen molar-refractivity contribution < 1.29 is 14.7 Å². The summed E-state index contributed by atoms with van der Waals surface area (Å²) in [5, 5.41) is 18.1. The Labute approximate surface area is 172 Å². The third-order valence-corrected chi connectivity index (χ3v) is 5.65. The van der Waals surface area contributed by atoms with Gasteiger partial charge in [0.1, 0.15) is 18.0 Å². The van der Waals surface area contributed by atoms with Crippen LogP contribution in [0.4, 0.5) is 5.13 Å². The number of rotatable bonds is 5. The fourth-order valence-corrected chi connectivity index (χ4v) is 4.18. The third kappa shape index (κ3) is 3.77. The molecule has 8 heteroatoms. The lowest BCUT2D eigenvalue weighted by molar-refractivity contribution is -0.126. The Bertz CT molecular complexity index is 1040. The summed E-state index contributed by atoms with van der Waals surface area (Å²) in [6, 6.07) is 16.2. The Balaban J connectivity index is 1.63. The number of nitrogens with zero attached hydrogens (tertiary/aromatic N) is 2. The minimum absolute atomic E-state index is 0.248. The minimum atomic E-state index is -0.889. The Morgan fingerprint density at radius 1 is 1.17 bits per heavy atom. The molecule has 0 bridgehead atoms. The number of benzene rings is 2. The molecule has 3 N–H and O–H groups in total. The first-order chi connectivity index (χ1) is 14.1. The summed E-state index contributed by atoms with van der Waals surface area (Å²) in [7, 11) is 1.53. The summed E-state index contributed by atoms with van der Waals surface area (Å²) in [4.78, 5) is 30.9. The average Bonchev–Trinajstić information content (AvgIpc) is 3.34. The molecule has 4 rings (SSSR count). The van der Waals surface area contributed by atoms with Crippen molar-refractivity contribution in [1.29, 1.82) is 0 Å². The number of carbonyl (C=O) groups excluding carboxylic acids is 2. The topological polar surface area (TPSA) is 94.6 Å². The van der Waals surface area contributed by atoms with Crippen molar-refractivity contribution in [2.45, 2.75) is 18.8 Å². The molecular weight excluding hydrogens is 388 g/mol. The first-order valence-corrected chi connectivity index (χ1v) is 10.0. The van der Waals surface area contributed by atoms with Gasteiger partial charge in [-0.1, -0.05) is 54.6 Å². The number of aromatic nitrogens is 1. The fraction of sp³-hybridized carbons (Fsp3) is 0.190. The molecule has 0 aliphatic carbocycles. The van der Waals surface area contributed by atoms with Crippen molar-refractivity contribution in [3.05, 3.63) is 82.4 Å². The van der Waals surface area contributed by atoms with Crippen molar-refractivity contribution in [1.82, 2.24) is 15.2 Å². The second-order valence-electron chi connectivity index (χ2n) is 6.66. The zero-order chi connectivity index (χ0) is 20.4. The van der Waals surface area contributed by atoms with E-state index >= 15 is 0 Å². The van der Waals surface area contributed by atoms with Gasteiger partial charge < -0.3 is 15.7 Å². The van der Waals surface area contributed by atoms with Crippen molar-refractivity contribution in [2.75, 3.05) is 12.4 Å². The number of nitrogens with one attached hydrogen (secondary N) is 2. The molecule has 0 saturated carbocycles. The molecule has 3 aromatic rings. The Morgan fingerprint density at radius 2 is 1.90 bits per heavy atom. The van der Waals surface area contributed by atoms with Crippen LogP contribution in [0.3, 0.4) is 0 Å². The van der Waals surface area contributed by atoms with Gasteiger partial charge in [0, 0.05) is 19.0 Å². The van der Waals surface area contributed by atoms with E-state index in [1.54, 1.807) is 10.3 Å². The highest BCUT2D eigenvalue weighted by Crippen LogP contribution is 2.38. The van der Waals surface area contributed by atoms with Crippen LogP contribution in [0.25, 0.3) is 0 Å². The summed E-state index contributed by atoms with van der Waals surface area (Å²) in [5.74, 6) is -0.632. The second-order valence-corrected chi connectivity index (χ2v) is 7.52. The lowest BCUT2D eigenvalue weighted by Gasteiger charge is -2.29. The molecule has 0 spiro atoms. The quantitative estimate of drug-likeness (QED) is 0.603. The van der Waals surface area contributed by atoms with E-state index in [0.717, 1.165) is 16.7 Å². The molecule has 1 aliphatic rings. The zero-order valence-corrected chi connectivity index (χ0v) is 16.5. The number of anilines is 1. The van der Waals surface area contributed by atoms with E-state index in [1.807, 2.05) is 54.6 Å². The molecule has 1 aliphatic heterocycles. The fourth-order valence-electron chi connectivity index (χ4n) is 3.49. The van der Waals surface area contributed by atoms with Crippen LogP contribution in [0.15, 0.2) is 60.0 Å². The second kappa shape index (κ2) is 8.12. The van der Waals surface area contributed by atoms with Gasteiger partial charge in [0.25, 0.3) is 5.91 Å². The molecule has 2 atom stereocenters. The van der Waals surface area contributed by atoms with Crippen LogP contribution in [0.2, 0.25) is 0 Å². The number of hydrogen-bond donors (Lipinski definition) is 3. The monoisotopic (exact) mass is 408 g/mol. The highest BCUT2D eigenvalue weighted by molar-refractivity contribution is 7.14. The molecule has 0 fully saturated rings. The number of amides is 2. The number of aliphatic hydroxyl groups is 1. The maximum absolute atomic E-state index is 13.2. The van der Waals surface area contributed by atoms with Gasteiger partial charge in [0.2, 0.25) is 5.91 Å². The van der Waals surface area contributed by atoms with Gasteiger partial charge in [-0.15, -0.1) is 11.3 Å². The molecule has 2 amide bonds. The highest BCUT2D eigenvalue weighted by Gasteiger charge is 2.38. The van der Waals surface area contributed by atoms with Crippen molar-refractivity contribution in [3.63, 3.8) is 0 Å². The van der Waals surface area contributed by atoms with E-state index in [0.29, 0.717) is 11.7 Å². The number of hydrogen-bond acceptors (Lipinski definition) is 6. The van der Waals surface area contributed by atoms with Crippen molar-refractivity contribution in [2.24, 2.45) is 0 Å². The standard InChI is InChI=1S/C21H20N4O3S/c1-22-18(26)16-12-29-21(23-16)24-19(27)17(13-7-3-2-4-8-13)25-11-14-9-5-6-10-15(14)20(25)28/h2-10,12,17,20,28H,11H2,1H3,(H,22,26)(H,23,24,27)/t17-,20?/m1/s1. The van der Waals surface area contributed by atoms with Gasteiger partial charge >= 0.3 is 0 Å². The van der Waals surface area contributed by atoms with E-state index in [4.69, 9.17) is 0 Å². The van der Waals surface area contributed by atoms with Gasteiger partial charge in [-0.25, -0.2) is 4.98 Å². The van der Waals surface area contributed by atoms with E-state index in [-0.39, 0.29) is 17.5 Å². The van der Waals surface area contributed by atoms with Gasteiger partial charge in [0.05, 0.1) is 0 Å². The highest BCUT2D eigenvalue weighted by atomic mass is 32.1.